The molecule has 1 aromatic heterocycles. The number of hydrogen-bond donors (Lipinski definition) is 2. The Balaban J connectivity index is 1.62. The zero-order chi connectivity index (χ0) is 17.9. The highest BCUT2D eigenvalue weighted by Crippen LogP contribution is 2.36. The molecule has 1 aliphatic rings. The lowest BCUT2D eigenvalue weighted by Gasteiger charge is -2.30. The number of fused-ring (bicyclic) bond motifs is 1. The molecule has 4 rings (SSSR count). The molecular formula is C21H22N4O. The fraction of sp³-hybridized carbons (Fsp3) is 0.238. The van der Waals surface area contributed by atoms with Crippen LogP contribution in [0.3, 0.4) is 0 Å². The lowest BCUT2D eigenvalue weighted by Crippen LogP contribution is -2.37. The molecule has 5 heteroatoms. The number of anilines is 1. The van der Waals surface area contributed by atoms with Crippen LogP contribution >= 0.6 is 0 Å². The molecule has 1 aliphatic carbocycles. The minimum atomic E-state index is -0.103. The van der Waals surface area contributed by atoms with E-state index in [9.17, 15) is 4.79 Å². The van der Waals surface area contributed by atoms with E-state index < -0.39 is 0 Å². The van der Waals surface area contributed by atoms with Crippen LogP contribution in [-0.2, 0) is 13.0 Å². The van der Waals surface area contributed by atoms with Crippen LogP contribution in [-0.4, -0.2) is 21.1 Å². The van der Waals surface area contributed by atoms with Crippen LogP contribution in [0.2, 0.25) is 0 Å². The van der Waals surface area contributed by atoms with Gasteiger partial charge >= 0.3 is 6.03 Å². The highest BCUT2D eigenvalue weighted by atomic mass is 16.2. The first-order chi connectivity index (χ1) is 12.7. The summed E-state index contributed by atoms with van der Waals surface area (Å²) in [7, 11) is 0. The summed E-state index contributed by atoms with van der Waals surface area (Å²) in [6, 6.07) is 16.8. The Kier molecular flexibility index (Phi) is 4.44. The molecule has 0 radical (unpaired) electrons. The topological polar surface area (TPSA) is 61.0 Å². The quantitative estimate of drug-likeness (QED) is 0.734. The van der Waals surface area contributed by atoms with Crippen LogP contribution in [0.15, 0.2) is 60.9 Å². The van der Waals surface area contributed by atoms with Gasteiger partial charge < -0.3 is 10.2 Å². The first-order valence-electron chi connectivity index (χ1n) is 8.90. The fourth-order valence-corrected chi connectivity index (χ4v) is 3.59. The summed E-state index contributed by atoms with van der Waals surface area (Å²) >= 11 is 0. The summed E-state index contributed by atoms with van der Waals surface area (Å²) in [4.78, 5) is 15.0. The number of aromatic nitrogens is 2. The van der Waals surface area contributed by atoms with Gasteiger partial charge in [0.15, 0.2) is 0 Å². The van der Waals surface area contributed by atoms with Gasteiger partial charge in [-0.2, -0.15) is 5.10 Å². The van der Waals surface area contributed by atoms with Crippen molar-refractivity contribution < 1.29 is 4.79 Å². The van der Waals surface area contributed by atoms with Crippen LogP contribution in [0.25, 0.3) is 0 Å². The average molecular weight is 346 g/mol. The van der Waals surface area contributed by atoms with E-state index in [1.165, 1.54) is 16.7 Å². The minimum Gasteiger partial charge on any atom is -0.313 e. The van der Waals surface area contributed by atoms with Gasteiger partial charge in [-0.25, -0.2) is 4.79 Å². The van der Waals surface area contributed by atoms with Crippen LogP contribution in [0, 0.1) is 6.92 Å². The van der Waals surface area contributed by atoms with Crippen LogP contribution in [0.1, 0.15) is 34.7 Å². The predicted molar refractivity (Wildman–Crippen MR) is 102 cm³/mol. The highest BCUT2D eigenvalue weighted by Gasteiger charge is 2.31. The van der Waals surface area contributed by atoms with Crippen LogP contribution in [0.5, 0.6) is 0 Å². The summed E-state index contributed by atoms with van der Waals surface area (Å²) < 4.78 is 0. The van der Waals surface area contributed by atoms with E-state index in [1.54, 1.807) is 12.4 Å². The molecule has 1 unspecified atom stereocenters. The number of aryl methyl sites for hydroxylation is 2. The first-order valence-corrected chi connectivity index (χ1v) is 8.90. The maximum atomic E-state index is 13.1. The Bertz CT molecular complexity index is 887. The summed E-state index contributed by atoms with van der Waals surface area (Å²) in [5, 5.41) is 9.59. The molecule has 1 atom stereocenters. The number of benzene rings is 2. The molecule has 2 aromatic carbocycles. The average Bonchev–Trinajstić information content (AvgIpc) is 3.31. The van der Waals surface area contributed by atoms with Crippen molar-refractivity contribution in [3.05, 3.63) is 83.2 Å². The normalized spacial score (nSPS) is 15.5. The van der Waals surface area contributed by atoms with E-state index in [2.05, 4.69) is 71.0 Å². The Morgan fingerprint density at radius 1 is 1.23 bits per heavy atom. The van der Waals surface area contributed by atoms with Gasteiger partial charge in [0.05, 0.1) is 17.9 Å². The second-order valence-electron chi connectivity index (χ2n) is 6.78. The standard InChI is InChI=1S/C21H22N4O/c1-15-6-8-16(9-7-15)14-25(21(26)24-18-12-22-23-13-18)20-11-10-17-4-2-3-5-19(17)20/h2-9,12-13,20H,10-11,14H2,1H3,(H,22,23)(H,24,26). The molecule has 0 saturated carbocycles. The molecule has 1 heterocycles. The molecule has 0 aliphatic heterocycles. The minimum absolute atomic E-state index is 0.0828. The lowest BCUT2D eigenvalue weighted by molar-refractivity contribution is 0.183. The second kappa shape index (κ2) is 7.04. The van der Waals surface area contributed by atoms with Crippen molar-refractivity contribution >= 4 is 11.7 Å². The zero-order valence-electron chi connectivity index (χ0n) is 14.8. The Morgan fingerprint density at radius 2 is 2.04 bits per heavy atom. The Hall–Kier alpha value is -3.08. The summed E-state index contributed by atoms with van der Waals surface area (Å²) in [6.07, 6.45) is 5.25. The zero-order valence-corrected chi connectivity index (χ0v) is 14.8. The number of carbonyl (C=O) groups excluding carboxylic acids is 1. The number of rotatable bonds is 4. The van der Waals surface area contributed by atoms with Crippen molar-refractivity contribution in [2.24, 2.45) is 0 Å². The van der Waals surface area contributed by atoms with E-state index in [-0.39, 0.29) is 12.1 Å². The van der Waals surface area contributed by atoms with Gasteiger partial charge in [-0.1, -0.05) is 54.1 Å². The van der Waals surface area contributed by atoms with Gasteiger partial charge in [0.2, 0.25) is 0 Å². The smallest absolute Gasteiger partial charge is 0.313 e. The number of carbonyl (C=O) groups is 1. The van der Waals surface area contributed by atoms with Crippen molar-refractivity contribution in [3.8, 4) is 0 Å². The number of aromatic amines is 1. The molecule has 0 bridgehead atoms. The molecule has 2 N–H and O–H groups in total. The van der Waals surface area contributed by atoms with E-state index in [1.807, 2.05) is 4.90 Å². The van der Waals surface area contributed by atoms with Crippen molar-refractivity contribution in [3.63, 3.8) is 0 Å². The van der Waals surface area contributed by atoms with Crippen LogP contribution in [0.4, 0.5) is 10.5 Å². The van der Waals surface area contributed by atoms with Gasteiger partial charge in [0, 0.05) is 12.7 Å². The third kappa shape index (κ3) is 3.33. The SMILES string of the molecule is Cc1ccc(CN(C(=O)Nc2cn[nH]c2)C2CCc3ccccc32)cc1. The van der Waals surface area contributed by atoms with E-state index in [4.69, 9.17) is 0 Å². The van der Waals surface area contributed by atoms with E-state index >= 15 is 0 Å². The van der Waals surface area contributed by atoms with Crippen LogP contribution < -0.4 is 5.32 Å². The van der Waals surface area contributed by atoms with E-state index in [0.717, 1.165) is 18.4 Å². The molecule has 0 saturated heterocycles. The largest absolute Gasteiger partial charge is 0.322 e. The second-order valence-corrected chi connectivity index (χ2v) is 6.78. The monoisotopic (exact) mass is 346 g/mol. The number of nitrogens with one attached hydrogen (secondary N) is 2. The molecule has 132 valence electrons. The number of urea groups is 1. The molecule has 3 aromatic rings. The Labute approximate surface area is 153 Å². The summed E-state index contributed by atoms with van der Waals surface area (Å²) in [5.41, 5.74) is 5.61. The fourth-order valence-electron chi connectivity index (χ4n) is 3.59. The summed E-state index contributed by atoms with van der Waals surface area (Å²) in [5.74, 6) is 0. The third-order valence-corrected chi connectivity index (χ3v) is 4.96. The van der Waals surface area contributed by atoms with E-state index in [0.29, 0.717) is 12.2 Å². The number of amides is 2. The number of hydrogen-bond acceptors (Lipinski definition) is 2. The highest BCUT2D eigenvalue weighted by molar-refractivity contribution is 5.89. The third-order valence-electron chi connectivity index (χ3n) is 4.96. The molecule has 2 amide bonds. The lowest BCUT2D eigenvalue weighted by atomic mass is 10.1. The molecule has 0 spiro atoms. The van der Waals surface area contributed by atoms with Gasteiger partial charge in [-0.15, -0.1) is 0 Å². The van der Waals surface area contributed by atoms with Crippen molar-refractivity contribution in [2.75, 3.05) is 5.32 Å². The predicted octanol–water partition coefficient (Wildman–Crippen LogP) is 4.44. The molecule has 0 fully saturated rings. The summed E-state index contributed by atoms with van der Waals surface area (Å²) in [6.45, 7) is 2.64. The van der Waals surface area contributed by atoms with Gasteiger partial charge in [0.1, 0.15) is 0 Å². The van der Waals surface area contributed by atoms with Crippen molar-refractivity contribution in [2.45, 2.75) is 32.4 Å². The van der Waals surface area contributed by atoms with Gasteiger partial charge in [0.25, 0.3) is 0 Å². The maximum Gasteiger partial charge on any atom is 0.322 e. The molecule has 26 heavy (non-hydrogen) atoms. The molecule has 5 nitrogen and oxygen atoms in total. The van der Waals surface area contributed by atoms with Crippen molar-refractivity contribution in [1.29, 1.82) is 0 Å². The van der Waals surface area contributed by atoms with Gasteiger partial charge in [-0.3, -0.25) is 5.10 Å². The molecular weight excluding hydrogens is 324 g/mol. The first kappa shape index (κ1) is 16.4. The van der Waals surface area contributed by atoms with Crippen molar-refractivity contribution in [1.82, 2.24) is 15.1 Å². The van der Waals surface area contributed by atoms with Gasteiger partial charge in [-0.05, 0) is 36.5 Å². The Morgan fingerprint density at radius 3 is 2.81 bits per heavy atom. The number of H-pyrrole nitrogens is 1. The maximum absolute atomic E-state index is 13.1. The number of nitrogens with zero attached hydrogens (tertiary/aromatic N) is 2.